The largest absolute Gasteiger partial charge is 0.480 e. The van der Waals surface area contributed by atoms with Gasteiger partial charge in [-0.3, -0.25) is 4.79 Å². The summed E-state index contributed by atoms with van der Waals surface area (Å²) in [5.74, 6) is -1.81. The van der Waals surface area contributed by atoms with Gasteiger partial charge in [0.1, 0.15) is 6.61 Å². The van der Waals surface area contributed by atoms with Crippen molar-refractivity contribution in [2.24, 2.45) is 0 Å². The zero-order valence-corrected chi connectivity index (χ0v) is 12.7. The number of carboxylic acid groups (broad SMARTS) is 1. The molecule has 1 aromatic carbocycles. The molecular weight excluding hydrogens is 345 g/mol. The molecule has 0 aliphatic rings. The summed E-state index contributed by atoms with van der Waals surface area (Å²) in [6.45, 7) is -0.526. The Balaban J connectivity index is 2.03. The van der Waals surface area contributed by atoms with Crippen molar-refractivity contribution in [2.45, 2.75) is 6.18 Å². The topological polar surface area (TPSA) is 106 Å². The molecule has 2 rings (SSSR count). The number of alkyl halides is 3. The van der Waals surface area contributed by atoms with Crippen LogP contribution >= 0.6 is 0 Å². The van der Waals surface area contributed by atoms with E-state index in [4.69, 9.17) is 9.84 Å². The van der Waals surface area contributed by atoms with Gasteiger partial charge in [-0.1, -0.05) is 17.3 Å². The van der Waals surface area contributed by atoms with Gasteiger partial charge in [-0.2, -0.15) is 13.2 Å². The molecule has 0 saturated carbocycles. The van der Waals surface area contributed by atoms with E-state index in [1.165, 1.54) is 18.2 Å². The van der Waals surface area contributed by atoms with Gasteiger partial charge in [0.05, 0.1) is 24.1 Å². The van der Waals surface area contributed by atoms with Gasteiger partial charge in [-0.25, -0.2) is 9.48 Å². The van der Waals surface area contributed by atoms with Gasteiger partial charge >= 0.3 is 12.1 Å². The number of carbonyl (C=O) groups is 2. The van der Waals surface area contributed by atoms with Crippen molar-refractivity contribution in [1.29, 1.82) is 0 Å². The van der Waals surface area contributed by atoms with Crippen molar-refractivity contribution >= 4 is 11.9 Å². The number of carboxylic acids is 1. The van der Waals surface area contributed by atoms with Crippen LogP contribution in [0.1, 0.15) is 16.1 Å². The lowest BCUT2D eigenvalue weighted by atomic mass is 10.1. The number of benzene rings is 1. The summed E-state index contributed by atoms with van der Waals surface area (Å²) < 4.78 is 44.6. The van der Waals surface area contributed by atoms with E-state index in [0.29, 0.717) is 0 Å². The minimum Gasteiger partial charge on any atom is -0.480 e. The molecule has 2 N–H and O–H groups in total. The molecule has 0 atom stereocenters. The van der Waals surface area contributed by atoms with Crippen LogP contribution in [0.2, 0.25) is 0 Å². The van der Waals surface area contributed by atoms with E-state index in [2.05, 4.69) is 15.6 Å². The highest BCUT2D eigenvalue weighted by atomic mass is 19.4. The fourth-order valence-corrected chi connectivity index (χ4v) is 1.89. The highest BCUT2D eigenvalue weighted by Crippen LogP contribution is 2.33. The van der Waals surface area contributed by atoms with Gasteiger partial charge in [0, 0.05) is 6.54 Å². The molecular formula is C14H13F3N4O4. The minimum atomic E-state index is -4.58. The maximum Gasteiger partial charge on any atom is 0.418 e. The van der Waals surface area contributed by atoms with Crippen molar-refractivity contribution in [3.8, 4) is 5.69 Å². The highest BCUT2D eigenvalue weighted by Gasteiger charge is 2.34. The summed E-state index contributed by atoms with van der Waals surface area (Å²) in [5, 5.41) is 17.9. The van der Waals surface area contributed by atoms with Crippen LogP contribution in [-0.2, 0) is 15.7 Å². The standard InChI is InChI=1S/C14H13F3N4O4/c15-14(16,17)9-3-1-2-4-11(9)21-7-10(19-20-21)13(24)18-5-6-25-8-12(22)23/h1-4,7H,5-6,8H2,(H,18,24)(H,22,23). The third-order valence-electron chi connectivity index (χ3n) is 2.94. The average Bonchev–Trinajstić information content (AvgIpc) is 3.03. The van der Waals surface area contributed by atoms with E-state index < -0.39 is 30.2 Å². The number of amides is 1. The minimum absolute atomic E-state index is 0.0120. The molecule has 8 nitrogen and oxygen atoms in total. The van der Waals surface area contributed by atoms with Crippen LogP contribution in [0.25, 0.3) is 5.69 Å². The van der Waals surface area contributed by atoms with Crippen LogP contribution in [0.4, 0.5) is 13.2 Å². The molecule has 11 heteroatoms. The second kappa shape index (κ2) is 7.75. The van der Waals surface area contributed by atoms with Crippen LogP contribution in [0, 0.1) is 0 Å². The monoisotopic (exact) mass is 358 g/mol. The lowest BCUT2D eigenvalue weighted by Crippen LogP contribution is -2.28. The van der Waals surface area contributed by atoms with E-state index in [1.54, 1.807) is 0 Å². The SMILES string of the molecule is O=C(O)COCCNC(=O)c1cn(-c2ccccc2C(F)(F)F)nn1. The summed E-state index contributed by atoms with van der Waals surface area (Å²) in [5.41, 5.74) is -1.35. The summed E-state index contributed by atoms with van der Waals surface area (Å²) in [7, 11) is 0. The molecule has 0 bridgehead atoms. The van der Waals surface area contributed by atoms with E-state index in [-0.39, 0.29) is 24.5 Å². The van der Waals surface area contributed by atoms with Crippen LogP contribution in [0.15, 0.2) is 30.5 Å². The van der Waals surface area contributed by atoms with Crippen molar-refractivity contribution < 1.29 is 32.6 Å². The van der Waals surface area contributed by atoms with Gasteiger partial charge in [0.2, 0.25) is 0 Å². The van der Waals surface area contributed by atoms with Crippen molar-refractivity contribution in [1.82, 2.24) is 20.3 Å². The molecule has 0 saturated heterocycles. The number of halogens is 3. The molecule has 0 spiro atoms. The van der Waals surface area contributed by atoms with E-state index in [9.17, 15) is 22.8 Å². The van der Waals surface area contributed by atoms with E-state index in [0.717, 1.165) is 16.9 Å². The van der Waals surface area contributed by atoms with Gasteiger partial charge < -0.3 is 15.2 Å². The maximum absolute atomic E-state index is 13.0. The van der Waals surface area contributed by atoms with Crippen LogP contribution in [0.5, 0.6) is 0 Å². The summed E-state index contributed by atoms with van der Waals surface area (Å²) in [4.78, 5) is 22.1. The Morgan fingerprint density at radius 2 is 2.00 bits per heavy atom. The highest BCUT2D eigenvalue weighted by molar-refractivity contribution is 5.91. The van der Waals surface area contributed by atoms with Crippen LogP contribution in [0.3, 0.4) is 0 Å². The van der Waals surface area contributed by atoms with E-state index >= 15 is 0 Å². The summed E-state index contributed by atoms with van der Waals surface area (Å²) in [6, 6.07) is 4.76. The Hall–Kier alpha value is -2.95. The molecule has 0 aliphatic carbocycles. The normalized spacial score (nSPS) is 11.3. The first kappa shape index (κ1) is 18.4. The summed E-state index contributed by atoms with van der Waals surface area (Å²) >= 11 is 0. The van der Waals surface area contributed by atoms with Gasteiger partial charge in [0.25, 0.3) is 5.91 Å². The lowest BCUT2D eigenvalue weighted by Gasteiger charge is -2.11. The smallest absolute Gasteiger partial charge is 0.418 e. The Kier molecular flexibility index (Phi) is 5.70. The Morgan fingerprint density at radius 3 is 2.68 bits per heavy atom. The van der Waals surface area contributed by atoms with Crippen molar-refractivity contribution in [3.05, 3.63) is 41.7 Å². The fourth-order valence-electron chi connectivity index (χ4n) is 1.89. The Labute approximate surface area is 139 Å². The number of nitrogens with one attached hydrogen (secondary N) is 1. The van der Waals surface area contributed by atoms with Crippen molar-refractivity contribution in [2.75, 3.05) is 19.8 Å². The molecule has 0 aliphatic heterocycles. The first-order valence-corrected chi connectivity index (χ1v) is 6.95. The fraction of sp³-hybridized carbons (Fsp3) is 0.286. The third-order valence-corrected chi connectivity index (χ3v) is 2.94. The zero-order valence-electron chi connectivity index (χ0n) is 12.7. The second-order valence-electron chi connectivity index (χ2n) is 4.77. The Bertz CT molecular complexity index is 761. The quantitative estimate of drug-likeness (QED) is 0.719. The maximum atomic E-state index is 13.0. The molecule has 2 aromatic rings. The molecule has 134 valence electrons. The van der Waals surface area contributed by atoms with Crippen molar-refractivity contribution in [3.63, 3.8) is 0 Å². The van der Waals surface area contributed by atoms with Crippen LogP contribution < -0.4 is 5.32 Å². The number of aromatic nitrogens is 3. The van der Waals surface area contributed by atoms with Gasteiger partial charge in [-0.15, -0.1) is 5.10 Å². The number of aliphatic carboxylic acids is 1. The number of nitrogens with zero attached hydrogens (tertiary/aromatic N) is 3. The molecule has 1 amide bonds. The number of ether oxygens (including phenoxy) is 1. The van der Waals surface area contributed by atoms with E-state index in [1.807, 2.05) is 0 Å². The average molecular weight is 358 g/mol. The first-order chi connectivity index (χ1) is 11.8. The van der Waals surface area contributed by atoms with Gasteiger partial charge in [0.15, 0.2) is 5.69 Å². The molecule has 0 fully saturated rings. The second-order valence-corrected chi connectivity index (χ2v) is 4.77. The molecule has 1 heterocycles. The zero-order chi connectivity index (χ0) is 18.4. The first-order valence-electron chi connectivity index (χ1n) is 6.95. The molecule has 0 radical (unpaired) electrons. The third kappa shape index (κ3) is 5.01. The lowest BCUT2D eigenvalue weighted by molar-refractivity contribution is -0.142. The number of hydrogen-bond acceptors (Lipinski definition) is 5. The molecule has 0 unspecified atom stereocenters. The van der Waals surface area contributed by atoms with Gasteiger partial charge in [-0.05, 0) is 12.1 Å². The number of rotatable bonds is 7. The summed E-state index contributed by atoms with van der Waals surface area (Å²) in [6.07, 6.45) is -3.51. The predicted octanol–water partition coefficient (Wildman–Crippen LogP) is 1.12. The number of para-hydroxylation sites is 1. The molecule has 25 heavy (non-hydrogen) atoms. The number of carbonyl (C=O) groups excluding carboxylic acids is 1. The Morgan fingerprint density at radius 1 is 1.28 bits per heavy atom. The number of hydrogen-bond donors (Lipinski definition) is 2. The molecule has 1 aromatic heterocycles. The van der Waals surface area contributed by atoms with Crippen LogP contribution in [-0.4, -0.2) is 51.7 Å². The predicted molar refractivity (Wildman–Crippen MR) is 77.1 cm³/mol.